The highest BCUT2D eigenvalue weighted by molar-refractivity contribution is 6.04. The molecule has 0 atom stereocenters. The van der Waals surface area contributed by atoms with Gasteiger partial charge in [0.1, 0.15) is 0 Å². The van der Waals surface area contributed by atoms with Gasteiger partial charge in [0.2, 0.25) is 5.91 Å². The zero-order chi connectivity index (χ0) is 12.4. The number of hydrogen-bond donors (Lipinski definition) is 1. The van der Waals surface area contributed by atoms with E-state index in [-0.39, 0.29) is 5.91 Å². The van der Waals surface area contributed by atoms with E-state index in [4.69, 9.17) is 9.47 Å². The van der Waals surface area contributed by atoms with Crippen molar-refractivity contribution in [1.82, 2.24) is 5.43 Å². The van der Waals surface area contributed by atoms with E-state index in [9.17, 15) is 4.79 Å². The average Bonchev–Trinajstić information content (AvgIpc) is 2.64. The first kappa shape index (κ1) is 11.1. The average molecular weight is 246 g/mol. The van der Waals surface area contributed by atoms with Crippen molar-refractivity contribution in [2.24, 2.45) is 5.10 Å². The van der Waals surface area contributed by atoms with Gasteiger partial charge < -0.3 is 9.47 Å². The summed E-state index contributed by atoms with van der Waals surface area (Å²) in [6.45, 7) is 1.35. The number of benzene rings is 1. The highest BCUT2D eigenvalue weighted by atomic mass is 16.5. The predicted octanol–water partition coefficient (Wildman–Crippen LogP) is 1.46. The number of hydrogen-bond acceptors (Lipinski definition) is 4. The largest absolute Gasteiger partial charge is 0.490 e. The second-order valence-corrected chi connectivity index (χ2v) is 4.31. The van der Waals surface area contributed by atoms with E-state index < -0.39 is 0 Å². The molecule has 2 aliphatic rings. The maximum absolute atomic E-state index is 11.1. The van der Waals surface area contributed by atoms with Crippen LogP contribution in [-0.2, 0) is 4.79 Å². The number of amides is 1. The fraction of sp³-hybridized carbons (Fsp3) is 0.385. The number of ether oxygens (including phenoxy) is 2. The van der Waals surface area contributed by atoms with Crippen LogP contribution in [0.1, 0.15) is 24.8 Å². The molecule has 0 saturated carbocycles. The standard InChI is InChI=1S/C13H14N2O3/c16-13-5-3-10(14-15-13)9-2-4-11-12(8-9)18-7-1-6-17-11/h2,4,8H,1,3,5-7H2,(H,15,16). The van der Waals surface area contributed by atoms with Crippen molar-refractivity contribution in [3.63, 3.8) is 0 Å². The summed E-state index contributed by atoms with van der Waals surface area (Å²) in [5.74, 6) is 1.49. The van der Waals surface area contributed by atoms with E-state index in [0.717, 1.165) is 29.2 Å². The van der Waals surface area contributed by atoms with Crippen molar-refractivity contribution in [3.05, 3.63) is 23.8 Å². The van der Waals surface area contributed by atoms with Crippen molar-refractivity contribution in [2.75, 3.05) is 13.2 Å². The van der Waals surface area contributed by atoms with Crippen LogP contribution in [0.4, 0.5) is 0 Å². The van der Waals surface area contributed by atoms with Crippen molar-refractivity contribution in [2.45, 2.75) is 19.3 Å². The first-order chi connectivity index (χ1) is 8.83. The molecule has 1 amide bonds. The molecule has 0 spiro atoms. The highest BCUT2D eigenvalue weighted by Gasteiger charge is 2.16. The minimum Gasteiger partial charge on any atom is -0.490 e. The number of carbonyl (C=O) groups is 1. The van der Waals surface area contributed by atoms with E-state index in [0.29, 0.717) is 26.1 Å². The Morgan fingerprint density at radius 3 is 2.72 bits per heavy atom. The Hall–Kier alpha value is -2.04. The van der Waals surface area contributed by atoms with Crippen LogP contribution >= 0.6 is 0 Å². The molecule has 0 bridgehead atoms. The molecule has 0 radical (unpaired) electrons. The SMILES string of the molecule is O=C1CCC(c2ccc3c(c2)OCCCO3)=NN1. The third kappa shape index (κ3) is 2.16. The number of fused-ring (bicyclic) bond motifs is 1. The van der Waals surface area contributed by atoms with Gasteiger partial charge in [-0.25, -0.2) is 5.43 Å². The van der Waals surface area contributed by atoms with E-state index in [1.54, 1.807) is 0 Å². The summed E-state index contributed by atoms with van der Waals surface area (Å²) in [7, 11) is 0. The molecule has 0 unspecified atom stereocenters. The van der Waals surface area contributed by atoms with Gasteiger partial charge in [-0.1, -0.05) is 0 Å². The molecule has 18 heavy (non-hydrogen) atoms. The Kier molecular flexibility index (Phi) is 2.88. The fourth-order valence-corrected chi connectivity index (χ4v) is 2.03. The summed E-state index contributed by atoms with van der Waals surface area (Å²) in [6.07, 6.45) is 2.03. The number of nitrogens with one attached hydrogen (secondary N) is 1. The molecule has 1 aromatic rings. The van der Waals surface area contributed by atoms with Crippen molar-refractivity contribution < 1.29 is 14.3 Å². The Morgan fingerprint density at radius 1 is 1.11 bits per heavy atom. The summed E-state index contributed by atoms with van der Waals surface area (Å²) >= 11 is 0. The van der Waals surface area contributed by atoms with E-state index in [2.05, 4.69) is 10.5 Å². The molecular formula is C13H14N2O3. The Morgan fingerprint density at radius 2 is 1.94 bits per heavy atom. The minimum absolute atomic E-state index is 0.0342. The lowest BCUT2D eigenvalue weighted by atomic mass is 10.0. The highest BCUT2D eigenvalue weighted by Crippen LogP contribution is 2.31. The molecule has 0 fully saturated rings. The molecule has 5 nitrogen and oxygen atoms in total. The normalized spacial score (nSPS) is 18.7. The molecule has 0 saturated heterocycles. The molecule has 5 heteroatoms. The molecule has 1 N–H and O–H groups in total. The van der Waals surface area contributed by atoms with Crippen LogP contribution in [-0.4, -0.2) is 24.8 Å². The zero-order valence-electron chi connectivity index (χ0n) is 9.94. The second-order valence-electron chi connectivity index (χ2n) is 4.31. The summed E-state index contributed by atoms with van der Waals surface area (Å²) in [5, 5.41) is 4.07. The fourth-order valence-electron chi connectivity index (χ4n) is 2.03. The van der Waals surface area contributed by atoms with Crippen LogP contribution < -0.4 is 14.9 Å². The molecule has 0 aliphatic carbocycles. The van der Waals surface area contributed by atoms with Gasteiger partial charge in [0.15, 0.2) is 11.5 Å². The maximum Gasteiger partial charge on any atom is 0.240 e. The van der Waals surface area contributed by atoms with Gasteiger partial charge in [-0.05, 0) is 18.2 Å². The quantitative estimate of drug-likeness (QED) is 0.816. The Bertz CT molecular complexity index is 511. The van der Waals surface area contributed by atoms with Gasteiger partial charge in [-0.15, -0.1) is 0 Å². The molecule has 94 valence electrons. The zero-order valence-corrected chi connectivity index (χ0v) is 9.94. The Balaban J connectivity index is 1.89. The smallest absolute Gasteiger partial charge is 0.240 e. The number of hydrazone groups is 1. The lowest BCUT2D eigenvalue weighted by Gasteiger charge is -2.14. The van der Waals surface area contributed by atoms with Crippen LogP contribution in [0.25, 0.3) is 0 Å². The van der Waals surface area contributed by atoms with E-state index in [1.807, 2.05) is 18.2 Å². The number of nitrogens with zero attached hydrogens (tertiary/aromatic N) is 1. The van der Waals surface area contributed by atoms with Gasteiger partial charge in [0.05, 0.1) is 18.9 Å². The van der Waals surface area contributed by atoms with Crippen LogP contribution in [0.15, 0.2) is 23.3 Å². The maximum atomic E-state index is 11.1. The predicted molar refractivity (Wildman–Crippen MR) is 66.0 cm³/mol. The van der Waals surface area contributed by atoms with Crippen LogP contribution in [0.5, 0.6) is 11.5 Å². The molecule has 3 rings (SSSR count). The lowest BCUT2D eigenvalue weighted by molar-refractivity contribution is -0.121. The number of rotatable bonds is 1. The van der Waals surface area contributed by atoms with Crippen LogP contribution in [0.2, 0.25) is 0 Å². The molecule has 2 heterocycles. The van der Waals surface area contributed by atoms with Gasteiger partial charge >= 0.3 is 0 Å². The van der Waals surface area contributed by atoms with Crippen LogP contribution in [0, 0.1) is 0 Å². The molecular weight excluding hydrogens is 232 g/mol. The summed E-state index contributed by atoms with van der Waals surface area (Å²) in [5.41, 5.74) is 4.35. The third-order valence-electron chi connectivity index (χ3n) is 2.99. The van der Waals surface area contributed by atoms with E-state index >= 15 is 0 Å². The van der Waals surface area contributed by atoms with Crippen molar-refractivity contribution >= 4 is 11.6 Å². The van der Waals surface area contributed by atoms with E-state index in [1.165, 1.54) is 0 Å². The Labute approximate surface area is 105 Å². The van der Waals surface area contributed by atoms with Crippen molar-refractivity contribution in [1.29, 1.82) is 0 Å². The molecule has 1 aromatic carbocycles. The first-order valence-corrected chi connectivity index (χ1v) is 6.08. The van der Waals surface area contributed by atoms with Gasteiger partial charge in [0, 0.05) is 24.8 Å². The number of carbonyl (C=O) groups excluding carboxylic acids is 1. The van der Waals surface area contributed by atoms with Gasteiger partial charge in [-0.2, -0.15) is 5.10 Å². The third-order valence-corrected chi connectivity index (χ3v) is 2.99. The first-order valence-electron chi connectivity index (χ1n) is 6.08. The van der Waals surface area contributed by atoms with Gasteiger partial charge in [-0.3, -0.25) is 4.79 Å². The minimum atomic E-state index is -0.0342. The van der Waals surface area contributed by atoms with Crippen molar-refractivity contribution in [3.8, 4) is 11.5 Å². The van der Waals surface area contributed by atoms with Crippen LogP contribution in [0.3, 0.4) is 0 Å². The molecule has 0 aromatic heterocycles. The summed E-state index contributed by atoms with van der Waals surface area (Å²) in [4.78, 5) is 11.1. The van der Waals surface area contributed by atoms with Gasteiger partial charge in [0.25, 0.3) is 0 Å². The monoisotopic (exact) mass is 246 g/mol. The summed E-state index contributed by atoms with van der Waals surface area (Å²) < 4.78 is 11.2. The lowest BCUT2D eigenvalue weighted by Crippen LogP contribution is -2.25. The molecule has 2 aliphatic heterocycles. The second kappa shape index (κ2) is 4.68. The summed E-state index contributed by atoms with van der Waals surface area (Å²) in [6, 6.07) is 5.77. The topological polar surface area (TPSA) is 59.9 Å².